The summed E-state index contributed by atoms with van der Waals surface area (Å²) in [5, 5.41) is 0. The molecule has 2 aromatic carbocycles. The van der Waals surface area contributed by atoms with Crippen molar-refractivity contribution < 1.29 is 4.74 Å². The smallest absolute Gasteiger partial charge is 0.123 e. The van der Waals surface area contributed by atoms with Gasteiger partial charge in [-0.25, -0.2) is 0 Å². The molecule has 0 radical (unpaired) electrons. The van der Waals surface area contributed by atoms with E-state index in [4.69, 9.17) is 4.74 Å². The first-order valence-electron chi connectivity index (χ1n) is 10.1. The van der Waals surface area contributed by atoms with E-state index in [1.807, 2.05) is 6.07 Å². The average Bonchev–Trinajstić information content (AvgIpc) is 2.64. The van der Waals surface area contributed by atoms with Crippen molar-refractivity contribution in [3.8, 4) is 5.75 Å². The molecule has 0 saturated heterocycles. The Morgan fingerprint density at radius 2 is 1.58 bits per heavy atom. The van der Waals surface area contributed by atoms with E-state index >= 15 is 0 Å². The van der Waals surface area contributed by atoms with Crippen molar-refractivity contribution in [2.75, 3.05) is 6.54 Å². The highest BCUT2D eigenvalue weighted by Crippen LogP contribution is 2.24. The molecule has 0 saturated carbocycles. The maximum atomic E-state index is 6.16. The monoisotopic (exact) mass is 353 g/mol. The third-order valence-electron chi connectivity index (χ3n) is 4.96. The SMILES string of the molecule is CCc1ccc(OCc2ccccc2)c(CCCN(C(C)C)C(C)C)c1. The van der Waals surface area contributed by atoms with Crippen molar-refractivity contribution in [2.24, 2.45) is 0 Å². The van der Waals surface area contributed by atoms with Crippen molar-refractivity contribution in [1.29, 1.82) is 0 Å². The summed E-state index contributed by atoms with van der Waals surface area (Å²) in [6, 6.07) is 18.2. The number of nitrogens with zero attached hydrogens (tertiary/aromatic N) is 1. The Bertz CT molecular complexity index is 641. The lowest BCUT2D eigenvalue weighted by Gasteiger charge is -2.30. The first-order chi connectivity index (χ1) is 12.5. The number of benzene rings is 2. The third-order valence-corrected chi connectivity index (χ3v) is 4.96. The van der Waals surface area contributed by atoms with Gasteiger partial charge in [0.2, 0.25) is 0 Å². The number of rotatable bonds is 10. The van der Waals surface area contributed by atoms with Gasteiger partial charge < -0.3 is 4.74 Å². The molecule has 2 nitrogen and oxygen atoms in total. The molecular formula is C24H35NO. The van der Waals surface area contributed by atoms with Crippen LogP contribution in [0.3, 0.4) is 0 Å². The molecule has 0 aliphatic rings. The van der Waals surface area contributed by atoms with Gasteiger partial charge in [0.25, 0.3) is 0 Å². The lowest BCUT2D eigenvalue weighted by molar-refractivity contribution is 0.173. The fourth-order valence-electron chi connectivity index (χ4n) is 3.49. The minimum absolute atomic E-state index is 0.589. The van der Waals surface area contributed by atoms with Crippen LogP contribution in [-0.4, -0.2) is 23.5 Å². The number of hydrogen-bond acceptors (Lipinski definition) is 2. The van der Waals surface area contributed by atoms with E-state index in [1.165, 1.54) is 16.7 Å². The van der Waals surface area contributed by atoms with Crippen LogP contribution in [0.1, 0.15) is 57.7 Å². The molecule has 0 aromatic heterocycles. The Kier molecular flexibility index (Phi) is 8.18. The molecule has 0 heterocycles. The van der Waals surface area contributed by atoms with Gasteiger partial charge in [-0.3, -0.25) is 4.90 Å². The van der Waals surface area contributed by atoms with Gasteiger partial charge in [0.05, 0.1) is 0 Å². The number of hydrogen-bond donors (Lipinski definition) is 0. The van der Waals surface area contributed by atoms with E-state index in [9.17, 15) is 0 Å². The molecule has 0 N–H and O–H groups in total. The van der Waals surface area contributed by atoms with Crippen LogP contribution in [0.2, 0.25) is 0 Å². The first-order valence-corrected chi connectivity index (χ1v) is 10.1. The van der Waals surface area contributed by atoms with Crippen molar-refractivity contribution in [2.45, 2.75) is 72.6 Å². The van der Waals surface area contributed by atoms with Crippen molar-refractivity contribution in [1.82, 2.24) is 4.90 Å². The highest BCUT2D eigenvalue weighted by Gasteiger charge is 2.13. The van der Waals surface area contributed by atoms with Crippen LogP contribution in [0.15, 0.2) is 48.5 Å². The zero-order chi connectivity index (χ0) is 18.9. The molecule has 0 aliphatic carbocycles. The van der Waals surface area contributed by atoms with Crippen LogP contribution in [0.5, 0.6) is 5.75 Å². The second-order valence-electron chi connectivity index (χ2n) is 7.60. The molecule has 0 unspecified atom stereocenters. The molecule has 0 spiro atoms. The predicted molar refractivity (Wildman–Crippen MR) is 112 cm³/mol. The molecule has 0 fully saturated rings. The molecule has 0 amide bonds. The van der Waals surface area contributed by atoms with Gasteiger partial charge in [0.1, 0.15) is 12.4 Å². The Morgan fingerprint density at radius 3 is 2.19 bits per heavy atom. The van der Waals surface area contributed by atoms with Gasteiger partial charge in [0.15, 0.2) is 0 Å². The molecule has 142 valence electrons. The zero-order valence-corrected chi connectivity index (χ0v) is 17.2. The van der Waals surface area contributed by atoms with E-state index in [2.05, 4.69) is 82.0 Å². The van der Waals surface area contributed by atoms with Gasteiger partial charge in [-0.2, -0.15) is 0 Å². The van der Waals surface area contributed by atoms with Crippen LogP contribution in [0.4, 0.5) is 0 Å². The Hall–Kier alpha value is -1.80. The van der Waals surface area contributed by atoms with Crippen molar-refractivity contribution >= 4 is 0 Å². The van der Waals surface area contributed by atoms with Crippen molar-refractivity contribution in [3.63, 3.8) is 0 Å². The Balaban J connectivity index is 2.02. The molecule has 0 atom stereocenters. The summed E-state index contributed by atoms with van der Waals surface area (Å²) in [5.74, 6) is 1.03. The summed E-state index contributed by atoms with van der Waals surface area (Å²) < 4.78 is 6.16. The van der Waals surface area contributed by atoms with Crippen LogP contribution in [0.25, 0.3) is 0 Å². The van der Waals surface area contributed by atoms with E-state index < -0.39 is 0 Å². The fourth-order valence-corrected chi connectivity index (χ4v) is 3.49. The number of aryl methyl sites for hydroxylation is 2. The van der Waals surface area contributed by atoms with Crippen LogP contribution in [0, 0.1) is 0 Å². The second-order valence-corrected chi connectivity index (χ2v) is 7.60. The molecule has 0 bridgehead atoms. The summed E-state index contributed by atoms with van der Waals surface area (Å²) in [4.78, 5) is 2.56. The highest BCUT2D eigenvalue weighted by molar-refractivity contribution is 5.37. The average molecular weight is 354 g/mol. The van der Waals surface area contributed by atoms with Gasteiger partial charge >= 0.3 is 0 Å². The maximum Gasteiger partial charge on any atom is 0.123 e. The zero-order valence-electron chi connectivity index (χ0n) is 17.2. The van der Waals surface area contributed by atoms with E-state index in [0.717, 1.165) is 31.6 Å². The topological polar surface area (TPSA) is 12.5 Å². The quantitative estimate of drug-likeness (QED) is 0.529. The summed E-state index contributed by atoms with van der Waals surface area (Å²) in [6.45, 7) is 13.1. The lowest BCUT2D eigenvalue weighted by Crippen LogP contribution is -2.37. The molecule has 2 aromatic rings. The lowest BCUT2D eigenvalue weighted by atomic mass is 10.0. The summed E-state index contributed by atoms with van der Waals surface area (Å²) in [5.41, 5.74) is 3.94. The van der Waals surface area contributed by atoms with Gasteiger partial charge in [-0.1, -0.05) is 49.4 Å². The minimum Gasteiger partial charge on any atom is -0.489 e. The highest BCUT2D eigenvalue weighted by atomic mass is 16.5. The van der Waals surface area contributed by atoms with Crippen LogP contribution >= 0.6 is 0 Å². The largest absolute Gasteiger partial charge is 0.489 e. The predicted octanol–water partition coefficient (Wildman–Crippen LogP) is 5.88. The Labute approximate surface area is 160 Å². The summed E-state index contributed by atoms with van der Waals surface area (Å²) in [7, 11) is 0. The van der Waals surface area contributed by atoms with Crippen LogP contribution in [-0.2, 0) is 19.4 Å². The Morgan fingerprint density at radius 1 is 0.885 bits per heavy atom. The first kappa shape index (κ1) is 20.5. The molecule has 26 heavy (non-hydrogen) atoms. The summed E-state index contributed by atoms with van der Waals surface area (Å²) >= 11 is 0. The van der Waals surface area contributed by atoms with E-state index in [-0.39, 0.29) is 0 Å². The van der Waals surface area contributed by atoms with Gasteiger partial charge in [0, 0.05) is 12.1 Å². The fraction of sp³-hybridized carbons (Fsp3) is 0.500. The molecule has 2 heteroatoms. The normalized spacial score (nSPS) is 11.5. The standard InChI is InChI=1S/C24H35NO/c1-6-21-14-15-24(26-18-22-11-8-7-9-12-22)23(17-21)13-10-16-25(19(2)3)20(4)5/h7-9,11-12,14-15,17,19-20H,6,10,13,16,18H2,1-5H3. The third kappa shape index (κ3) is 6.17. The van der Waals surface area contributed by atoms with Gasteiger partial charge in [-0.15, -0.1) is 0 Å². The van der Waals surface area contributed by atoms with Crippen LogP contribution < -0.4 is 4.74 Å². The summed E-state index contributed by atoms with van der Waals surface area (Å²) in [6.07, 6.45) is 3.29. The minimum atomic E-state index is 0.589. The molecule has 0 aliphatic heterocycles. The van der Waals surface area contributed by atoms with E-state index in [1.54, 1.807) is 0 Å². The number of ether oxygens (including phenoxy) is 1. The molecule has 2 rings (SSSR count). The second kappa shape index (κ2) is 10.4. The molecular weight excluding hydrogens is 318 g/mol. The van der Waals surface area contributed by atoms with Crippen molar-refractivity contribution in [3.05, 3.63) is 65.2 Å². The van der Waals surface area contributed by atoms with E-state index in [0.29, 0.717) is 18.7 Å². The van der Waals surface area contributed by atoms with Gasteiger partial charge in [-0.05, 0) is 76.3 Å². The maximum absolute atomic E-state index is 6.16.